The lowest BCUT2D eigenvalue weighted by Gasteiger charge is -2.32. The lowest BCUT2D eigenvalue weighted by Crippen LogP contribution is -2.49. The third-order valence-electron chi connectivity index (χ3n) is 5.73. The van der Waals surface area contributed by atoms with Crippen LogP contribution in [0.2, 0.25) is 0 Å². The van der Waals surface area contributed by atoms with E-state index in [0.29, 0.717) is 13.0 Å². The van der Waals surface area contributed by atoms with Gasteiger partial charge in [0.05, 0.1) is 11.4 Å². The summed E-state index contributed by atoms with van der Waals surface area (Å²) in [5, 5.41) is 0. The molecule has 0 aliphatic carbocycles. The highest BCUT2D eigenvalue weighted by atomic mass is 32.2. The summed E-state index contributed by atoms with van der Waals surface area (Å²) < 4.78 is 61.0. The Hall–Kier alpha value is -1.65. The number of unbranched alkanes of at least 4 members (excludes halogenated alkanes) is 1. The summed E-state index contributed by atoms with van der Waals surface area (Å²) in [5.74, 6) is 0.172. The number of halogens is 3. The zero-order chi connectivity index (χ0) is 23.2. The Labute approximate surface area is 182 Å². The highest BCUT2D eigenvalue weighted by Crippen LogP contribution is 2.30. The van der Waals surface area contributed by atoms with Crippen molar-refractivity contribution in [3.8, 4) is 0 Å². The minimum absolute atomic E-state index is 0.153. The molecule has 1 unspecified atom stereocenters. The van der Waals surface area contributed by atoms with E-state index in [1.165, 1.54) is 12.1 Å². The lowest BCUT2D eigenvalue weighted by molar-refractivity contribution is -0.135. The predicted octanol–water partition coefficient (Wildman–Crippen LogP) is 2.79. The average molecular weight is 464 g/mol. The van der Waals surface area contributed by atoms with Crippen LogP contribution in [0, 0.1) is 0 Å². The quantitative estimate of drug-likeness (QED) is 0.500. The van der Waals surface area contributed by atoms with Crippen molar-refractivity contribution >= 4 is 15.7 Å². The normalized spacial score (nSPS) is 17.4. The number of likely N-dealkylation sites (N-methyl/N-ethyl adjacent to an activating group) is 2. The Balaban J connectivity index is 1.83. The number of hydrogen-bond donors (Lipinski definition) is 0. The molecule has 0 radical (unpaired) electrons. The predicted molar refractivity (Wildman–Crippen MR) is 113 cm³/mol. The van der Waals surface area contributed by atoms with Crippen molar-refractivity contribution in [1.29, 1.82) is 0 Å². The van der Waals surface area contributed by atoms with Crippen molar-refractivity contribution in [2.45, 2.75) is 49.6 Å². The van der Waals surface area contributed by atoms with Crippen molar-refractivity contribution in [3.05, 3.63) is 29.8 Å². The fourth-order valence-electron chi connectivity index (χ4n) is 3.78. The number of rotatable bonds is 10. The second-order valence-electron chi connectivity index (χ2n) is 8.10. The van der Waals surface area contributed by atoms with Crippen LogP contribution in [0.1, 0.15) is 32.3 Å². The number of amides is 1. The Morgan fingerprint density at radius 3 is 2.32 bits per heavy atom. The number of piperazine rings is 1. The van der Waals surface area contributed by atoms with Gasteiger partial charge in [-0.15, -0.1) is 0 Å². The topological polar surface area (TPSA) is 60.9 Å². The number of benzene rings is 1. The number of sulfone groups is 1. The summed E-state index contributed by atoms with van der Waals surface area (Å²) >= 11 is 0. The van der Waals surface area contributed by atoms with Gasteiger partial charge in [0.2, 0.25) is 5.91 Å². The van der Waals surface area contributed by atoms with Gasteiger partial charge in [-0.3, -0.25) is 9.69 Å². The first-order chi connectivity index (χ1) is 14.5. The molecule has 1 atom stereocenters. The molecule has 1 amide bonds. The molecule has 0 bridgehead atoms. The smallest absolute Gasteiger partial charge is 0.340 e. The lowest BCUT2D eigenvalue weighted by atomic mass is 10.1. The Kier molecular flexibility index (Phi) is 8.91. The number of hydrogen-bond acceptors (Lipinski definition) is 5. The largest absolute Gasteiger partial charge is 0.501 e. The van der Waals surface area contributed by atoms with Crippen molar-refractivity contribution < 1.29 is 26.4 Å². The monoisotopic (exact) mass is 463 g/mol. The van der Waals surface area contributed by atoms with Gasteiger partial charge in [-0.1, -0.05) is 19.1 Å². The van der Waals surface area contributed by atoms with Crippen LogP contribution >= 0.6 is 0 Å². The van der Waals surface area contributed by atoms with Gasteiger partial charge >= 0.3 is 5.51 Å². The van der Waals surface area contributed by atoms with Gasteiger partial charge in [-0.05, 0) is 64.0 Å². The molecule has 0 spiro atoms. The maximum Gasteiger partial charge on any atom is 0.501 e. The molecule has 1 saturated heterocycles. The molecular formula is C21H32F3N3O3S. The van der Waals surface area contributed by atoms with E-state index >= 15 is 0 Å². The van der Waals surface area contributed by atoms with Gasteiger partial charge in [-0.25, -0.2) is 8.42 Å². The van der Waals surface area contributed by atoms with E-state index in [9.17, 15) is 26.4 Å². The molecule has 0 aromatic heterocycles. The summed E-state index contributed by atoms with van der Waals surface area (Å²) in [7, 11) is -3.37. The second-order valence-corrected chi connectivity index (χ2v) is 10.0. The SMILES string of the molecule is CCN(CCCCN1CCN(C)CC1=O)C(C)Cc1ccc(S(=O)(=O)C(F)(F)F)cc1. The Bertz CT molecular complexity index is 829. The molecule has 0 saturated carbocycles. The molecule has 10 heteroatoms. The number of alkyl halides is 3. The van der Waals surface area contributed by atoms with Crippen LogP contribution in [-0.2, 0) is 21.1 Å². The third kappa shape index (κ3) is 6.92. The molecular weight excluding hydrogens is 431 g/mol. The molecule has 176 valence electrons. The zero-order valence-corrected chi connectivity index (χ0v) is 19.2. The first kappa shape index (κ1) is 25.6. The summed E-state index contributed by atoms with van der Waals surface area (Å²) in [4.78, 5) is 17.5. The van der Waals surface area contributed by atoms with E-state index in [2.05, 4.69) is 11.8 Å². The fourth-order valence-corrected chi connectivity index (χ4v) is 4.54. The summed E-state index contributed by atoms with van der Waals surface area (Å²) in [6, 6.07) is 5.09. The van der Waals surface area contributed by atoms with Crippen molar-refractivity contribution in [3.63, 3.8) is 0 Å². The molecule has 1 heterocycles. The Morgan fingerprint density at radius 1 is 1.13 bits per heavy atom. The van der Waals surface area contributed by atoms with Gasteiger partial charge in [-0.2, -0.15) is 13.2 Å². The van der Waals surface area contributed by atoms with E-state index < -0.39 is 20.2 Å². The summed E-state index contributed by atoms with van der Waals surface area (Å²) in [6.45, 7) is 8.69. The number of carbonyl (C=O) groups is 1. The zero-order valence-electron chi connectivity index (χ0n) is 18.4. The van der Waals surface area contributed by atoms with E-state index in [4.69, 9.17) is 0 Å². The van der Waals surface area contributed by atoms with Gasteiger partial charge in [0.1, 0.15) is 0 Å². The molecule has 0 N–H and O–H groups in total. The number of nitrogens with zero attached hydrogens (tertiary/aromatic N) is 3. The van der Waals surface area contributed by atoms with Gasteiger partial charge < -0.3 is 9.80 Å². The van der Waals surface area contributed by atoms with Crippen LogP contribution in [0.25, 0.3) is 0 Å². The Morgan fingerprint density at radius 2 is 1.77 bits per heavy atom. The highest BCUT2D eigenvalue weighted by Gasteiger charge is 2.46. The maximum atomic E-state index is 12.7. The molecule has 1 aromatic rings. The van der Waals surface area contributed by atoms with E-state index in [1.54, 1.807) is 0 Å². The first-order valence-corrected chi connectivity index (χ1v) is 12.0. The minimum atomic E-state index is -5.32. The van der Waals surface area contributed by atoms with Crippen LogP contribution in [0.5, 0.6) is 0 Å². The van der Waals surface area contributed by atoms with Crippen molar-refractivity contribution in [2.24, 2.45) is 0 Å². The van der Waals surface area contributed by atoms with E-state index in [0.717, 1.165) is 63.3 Å². The minimum Gasteiger partial charge on any atom is -0.340 e. The molecule has 1 aromatic carbocycles. The molecule has 1 aliphatic rings. The van der Waals surface area contributed by atoms with Crippen molar-refractivity contribution in [2.75, 3.05) is 46.3 Å². The molecule has 6 nitrogen and oxygen atoms in total. The summed E-state index contributed by atoms with van der Waals surface area (Å²) in [5.41, 5.74) is -4.51. The molecule has 1 aliphatic heterocycles. The molecule has 31 heavy (non-hydrogen) atoms. The average Bonchev–Trinajstić information content (AvgIpc) is 2.69. The van der Waals surface area contributed by atoms with Crippen LogP contribution in [0.3, 0.4) is 0 Å². The highest BCUT2D eigenvalue weighted by molar-refractivity contribution is 7.92. The number of carbonyl (C=O) groups excluding carboxylic acids is 1. The third-order valence-corrected chi connectivity index (χ3v) is 7.23. The standard InChI is InChI=1S/C21H32F3N3O3S/c1-4-26(11-5-6-12-27-14-13-25(3)16-20(27)28)17(2)15-18-7-9-19(10-8-18)31(29,30)21(22,23)24/h7-10,17H,4-6,11-16H2,1-3H3. The summed E-state index contributed by atoms with van der Waals surface area (Å²) in [6.07, 6.45) is 2.47. The van der Waals surface area contributed by atoms with Crippen LogP contribution in [-0.4, -0.2) is 86.9 Å². The molecule has 2 rings (SSSR count). The van der Waals surface area contributed by atoms with Crippen LogP contribution < -0.4 is 0 Å². The van der Waals surface area contributed by atoms with E-state index in [1.807, 2.05) is 23.8 Å². The van der Waals surface area contributed by atoms with Gasteiger partial charge in [0, 0.05) is 25.7 Å². The molecule has 1 fully saturated rings. The maximum absolute atomic E-state index is 12.7. The fraction of sp³-hybridized carbons (Fsp3) is 0.667. The van der Waals surface area contributed by atoms with E-state index in [-0.39, 0.29) is 11.9 Å². The van der Waals surface area contributed by atoms with Crippen LogP contribution in [0.15, 0.2) is 29.2 Å². The first-order valence-electron chi connectivity index (χ1n) is 10.6. The second kappa shape index (κ2) is 10.8. The van der Waals surface area contributed by atoms with Crippen molar-refractivity contribution in [1.82, 2.24) is 14.7 Å². The van der Waals surface area contributed by atoms with Gasteiger partial charge in [0.25, 0.3) is 9.84 Å². The van der Waals surface area contributed by atoms with Gasteiger partial charge in [0.15, 0.2) is 0 Å². The van der Waals surface area contributed by atoms with Crippen LogP contribution in [0.4, 0.5) is 13.2 Å².